The largest absolute Gasteiger partial charge is 0.384 e. The molecule has 0 saturated heterocycles. The summed E-state index contributed by atoms with van der Waals surface area (Å²) in [6, 6.07) is 12.5. The van der Waals surface area contributed by atoms with Crippen LogP contribution in [0.4, 0.5) is 11.5 Å². The zero-order valence-electron chi connectivity index (χ0n) is 17.2. The average Bonchev–Trinajstić information content (AvgIpc) is 2.71. The van der Waals surface area contributed by atoms with Crippen LogP contribution in [0.5, 0.6) is 0 Å². The van der Waals surface area contributed by atoms with Crippen molar-refractivity contribution < 1.29 is 4.79 Å². The Hall–Kier alpha value is -2.79. The molecule has 1 aromatic heterocycles. The van der Waals surface area contributed by atoms with Gasteiger partial charge in [0.1, 0.15) is 12.1 Å². The zero-order valence-corrected chi connectivity index (χ0v) is 18.1. The highest BCUT2D eigenvalue weighted by Crippen LogP contribution is 2.49. The third-order valence-corrected chi connectivity index (χ3v) is 6.50. The van der Waals surface area contributed by atoms with Crippen molar-refractivity contribution in [3.8, 4) is 22.4 Å². The maximum absolute atomic E-state index is 11.6. The van der Waals surface area contributed by atoms with Crippen LogP contribution in [0.15, 0.2) is 36.4 Å². The summed E-state index contributed by atoms with van der Waals surface area (Å²) in [5, 5.41) is 0. The summed E-state index contributed by atoms with van der Waals surface area (Å²) >= 11 is 1.70. The van der Waals surface area contributed by atoms with Gasteiger partial charge in [-0.25, -0.2) is 4.98 Å². The standard InChI is InChI=1S/C24H25N3OS/c1-14-5-7-17(8-6-14)21-16(3)22-23-18(9-10-20(25)26-23)13-27(29-4)24(22)15(2)19(21)11-12-28/h5-10,12H,11,13H2,1-4H3,(H2,25,26). The second-order valence-electron chi connectivity index (χ2n) is 7.53. The van der Waals surface area contributed by atoms with Gasteiger partial charge in [0.05, 0.1) is 17.9 Å². The number of carbonyl (C=O) groups excluding carboxylic acids is 1. The quantitative estimate of drug-likeness (QED) is 0.475. The lowest BCUT2D eigenvalue weighted by atomic mass is 9.82. The first-order valence-corrected chi connectivity index (χ1v) is 10.9. The highest BCUT2D eigenvalue weighted by molar-refractivity contribution is 7.99. The predicted octanol–water partition coefficient (Wildman–Crippen LogP) is 5.26. The first kappa shape index (κ1) is 19.5. The van der Waals surface area contributed by atoms with E-state index < -0.39 is 0 Å². The number of aryl methyl sites for hydroxylation is 1. The summed E-state index contributed by atoms with van der Waals surface area (Å²) in [5.41, 5.74) is 17.3. The molecule has 4 rings (SSSR count). The van der Waals surface area contributed by atoms with Gasteiger partial charge in [-0.05, 0) is 60.2 Å². The third-order valence-electron chi connectivity index (χ3n) is 5.75. The Labute approximate surface area is 176 Å². The highest BCUT2D eigenvalue weighted by Gasteiger charge is 2.30. The molecule has 0 aliphatic carbocycles. The molecule has 4 nitrogen and oxygen atoms in total. The van der Waals surface area contributed by atoms with Gasteiger partial charge in [0.2, 0.25) is 0 Å². The van der Waals surface area contributed by atoms with Crippen LogP contribution in [-0.2, 0) is 17.8 Å². The molecule has 0 spiro atoms. The van der Waals surface area contributed by atoms with Gasteiger partial charge in [0.15, 0.2) is 0 Å². The maximum Gasteiger partial charge on any atom is 0.124 e. The average molecular weight is 404 g/mol. The fourth-order valence-corrected chi connectivity index (χ4v) is 5.01. The lowest BCUT2D eigenvalue weighted by Gasteiger charge is -2.35. The van der Waals surface area contributed by atoms with Gasteiger partial charge in [-0.3, -0.25) is 0 Å². The maximum atomic E-state index is 11.6. The molecule has 2 aromatic carbocycles. The van der Waals surface area contributed by atoms with E-state index in [9.17, 15) is 4.79 Å². The number of nitrogen functional groups attached to an aromatic ring is 1. The minimum absolute atomic E-state index is 0.391. The molecule has 0 radical (unpaired) electrons. The highest BCUT2D eigenvalue weighted by atomic mass is 32.2. The summed E-state index contributed by atoms with van der Waals surface area (Å²) in [6.07, 6.45) is 3.48. The molecule has 148 valence electrons. The molecule has 1 aliphatic rings. The Kier molecular flexibility index (Phi) is 5.09. The number of hydrogen-bond acceptors (Lipinski definition) is 5. The number of aromatic nitrogens is 1. The number of rotatable bonds is 4. The lowest BCUT2D eigenvalue weighted by Crippen LogP contribution is -2.23. The SMILES string of the molecule is CSN1Cc2ccc(N)nc2-c2c(C)c(-c3ccc(C)cc3)c(CC=O)c(C)c21. The van der Waals surface area contributed by atoms with Crippen molar-refractivity contribution >= 4 is 29.7 Å². The number of hydrogen-bond donors (Lipinski definition) is 1. The molecule has 2 heterocycles. The van der Waals surface area contributed by atoms with Crippen LogP contribution in [0.2, 0.25) is 0 Å². The van der Waals surface area contributed by atoms with E-state index >= 15 is 0 Å². The summed E-state index contributed by atoms with van der Waals surface area (Å²) in [4.78, 5) is 16.3. The van der Waals surface area contributed by atoms with E-state index in [1.807, 2.05) is 6.07 Å². The van der Waals surface area contributed by atoms with E-state index in [1.165, 1.54) is 11.1 Å². The predicted molar refractivity (Wildman–Crippen MR) is 123 cm³/mol. The van der Waals surface area contributed by atoms with E-state index in [-0.39, 0.29) is 0 Å². The van der Waals surface area contributed by atoms with Gasteiger partial charge in [-0.1, -0.05) is 47.8 Å². The summed E-state index contributed by atoms with van der Waals surface area (Å²) < 4.78 is 2.30. The molecule has 0 fully saturated rings. The van der Waals surface area contributed by atoms with Gasteiger partial charge in [0, 0.05) is 18.2 Å². The number of anilines is 2. The zero-order chi connectivity index (χ0) is 20.7. The number of fused-ring (bicyclic) bond motifs is 3. The molecular weight excluding hydrogens is 378 g/mol. The number of carbonyl (C=O) groups is 1. The Morgan fingerprint density at radius 2 is 1.79 bits per heavy atom. The molecule has 0 saturated carbocycles. The van der Waals surface area contributed by atoms with E-state index in [2.05, 4.69) is 61.7 Å². The molecule has 3 aromatic rings. The molecule has 5 heteroatoms. The molecule has 2 N–H and O–H groups in total. The van der Waals surface area contributed by atoms with Gasteiger partial charge >= 0.3 is 0 Å². The Morgan fingerprint density at radius 1 is 1.07 bits per heavy atom. The summed E-state index contributed by atoms with van der Waals surface area (Å²) in [6.45, 7) is 7.11. The Morgan fingerprint density at radius 3 is 2.45 bits per heavy atom. The minimum Gasteiger partial charge on any atom is -0.384 e. The molecule has 0 bridgehead atoms. The number of nitrogens with two attached hydrogens (primary N) is 1. The van der Waals surface area contributed by atoms with Crippen molar-refractivity contribution in [2.45, 2.75) is 33.7 Å². The van der Waals surface area contributed by atoms with Crippen LogP contribution < -0.4 is 10.0 Å². The van der Waals surface area contributed by atoms with Gasteiger partial charge < -0.3 is 14.8 Å². The molecule has 0 unspecified atom stereocenters. The van der Waals surface area contributed by atoms with Crippen molar-refractivity contribution in [3.05, 3.63) is 64.2 Å². The Bertz CT molecular complexity index is 1110. The second-order valence-corrected chi connectivity index (χ2v) is 8.33. The molecule has 1 aliphatic heterocycles. The number of nitrogens with zero attached hydrogens (tertiary/aromatic N) is 2. The summed E-state index contributed by atoms with van der Waals surface area (Å²) in [7, 11) is 0. The molecule has 0 amide bonds. The number of pyridine rings is 1. The monoisotopic (exact) mass is 403 g/mol. The van der Waals surface area contributed by atoms with E-state index in [4.69, 9.17) is 10.7 Å². The van der Waals surface area contributed by atoms with Crippen molar-refractivity contribution in [1.29, 1.82) is 0 Å². The summed E-state index contributed by atoms with van der Waals surface area (Å²) in [5.74, 6) is 0.526. The van der Waals surface area contributed by atoms with Crippen LogP contribution >= 0.6 is 11.9 Å². The van der Waals surface area contributed by atoms with Crippen molar-refractivity contribution in [1.82, 2.24) is 4.98 Å². The normalized spacial score (nSPS) is 12.5. The number of benzene rings is 2. The van der Waals surface area contributed by atoms with E-state index in [0.29, 0.717) is 12.2 Å². The molecular formula is C24H25N3OS. The molecule has 29 heavy (non-hydrogen) atoms. The second kappa shape index (κ2) is 7.56. The smallest absolute Gasteiger partial charge is 0.124 e. The first-order valence-electron chi connectivity index (χ1n) is 9.70. The van der Waals surface area contributed by atoms with Gasteiger partial charge in [0.25, 0.3) is 0 Å². The van der Waals surface area contributed by atoms with E-state index in [1.54, 1.807) is 11.9 Å². The van der Waals surface area contributed by atoms with Gasteiger partial charge in [-0.15, -0.1) is 0 Å². The van der Waals surface area contributed by atoms with Crippen LogP contribution in [0.1, 0.15) is 27.8 Å². The fraction of sp³-hybridized carbons (Fsp3) is 0.250. The minimum atomic E-state index is 0.391. The van der Waals surface area contributed by atoms with Crippen molar-refractivity contribution in [2.24, 2.45) is 0 Å². The topological polar surface area (TPSA) is 59.2 Å². The van der Waals surface area contributed by atoms with E-state index in [0.717, 1.165) is 57.6 Å². The van der Waals surface area contributed by atoms with Crippen LogP contribution in [-0.4, -0.2) is 17.5 Å². The van der Waals surface area contributed by atoms with Crippen LogP contribution in [0, 0.1) is 20.8 Å². The Balaban J connectivity index is 2.12. The fourth-order valence-electron chi connectivity index (χ4n) is 4.33. The van der Waals surface area contributed by atoms with Crippen LogP contribution in [0.3, 0.4) is 0 Å². The van der Waals surface area contributed by atoms with Crippen molar-refractivity contribution in [2.75, 3.05) is 16.3 Å². The third kappa shape index (κ3) is 3.19. The lowest BCUT2D eigenvalue weighted by molar-refractivity contribution is -0.107. The molecule has 0 atom stereocenters. The number of aldehydes is 1. The van der Waals surface area contributed by atoms with Crippen LogP contribution in [0.25, 0.3) is 22.4 Å². The first-order chi connectivity index (χ1) is 14.0. The van der Waals surface area contributed by atoms with Gasteiger partial charge in [-0.2, -0.15) is 0 Å². The van der Waals surface area contributed by atoms with Crippen molar-refractivity contribution in [3.63, 3.8) is 0 Å².